The number of fused-ring (bicyclic) bond motifs is 1. The van der Waals surface area contributed by atoms with E-state index in [9.17, 15) is 23.1 Å². The van der Waals surface area contributed by atoms with Gasteiger partial charge in [0.25, 0.3) is 0 Å². The van der Waals surface area contributed by atoms with E-state index in [4.69, 9.17) is 21.4 Å². The Bertz CT molecular complexity index is 1790. The Kier molecular flexibility index (Phi) is 20.3. The Morgan fingerprint density at radius 2 is 1.59 bits per heavy atom. The predicted octanol–water partition coefficient (Wildman–Crippen LogP) is 12.2. The fourth-order valence-electron chi connectivity index (χ4n) is 5.42. The zero-order chi connectivity index (χ0) is 41.2. The van der Waals surface area contributed by atoms with Gasteiger partial charge in [-0.1, -0.05) is 139 Å². The summed E-state index contributed by atoms with van der Waals surface area (Å²) in [5, 5.41) is 18.6. The first kappa shape index (κ1) is 47.8. The molecule has 1 aromatic heterocycles. The first-order valence-corrected chi connectivity index (χ1v) is 19.0. The van der Waals surface area contributed by atoms with Crippen LogP contribution in [0.5, 0.6) is 0 Å². The molecule has 54 heavy (non-hydrogen) atoms. The van der Waals surface area contributed by atoms with Gasteiger partial charge in [-0.05, 0) is 69.0 Å². The van der Waals surface area contributed by atoms with E-state index in [2.05, 4.69) is 11.9 Å². The average molecular weight is 770 g/mol. The van der Waals surface area contributed by atoms with Gasteiger partial charge in [0.15, 0.2) is 0 Å². The second-order valence-electron chi connectivity index (χ2n) is 12.7. The van der Waals surface area contributed by atoms with Crippen LogP contribution in [-0.4, -0.2) is 39.2 Å². The number of aliphatic hydroxyl groups excluding tert-OH is 1. The zero-order valence-electron chi connectivity index (χ0n) is 33.7. The average Bonchev–Trinajstić information content (AvgIpc) is 3.52. The lowest BCUT2D eigenvalue weighted by Gasteiger charge is -2.25. The predicted molar refractivity (Wildman–Crippen MR) is 219 cm³/mol. The second-order valence-corrected chi connectivity index (χ2v) is 13.1. The molecular weight excluding hydrogens is 711 g/mol. The van der Waals surface area contributed by atoms with Crippen LogP contribution in [0.3, 0.4) is 0 Å². The van der Waals surface area contributed by atoms with Crippen LogP contribution in [0.15, 0.2) is 103 Å². The summed E-state index contributed by atoms with van der Waals surface area (Å²) in [5.74, 6) is -1.11. The molecule has 0 aliphatic heterocycles. The number of para-hydroxylation sites is 1. The van der Waals surface area contributed by atoms with Crippen molar-refractivity contribution in [2.45, 2.75) is 107 Å². The smallest absolute Gasteiger partial charge is 0.416 e. The van der Waals surface area contributed by atoms with Crippen molar-refractivity contribution in [2.75, 3.05) is 6.54 Å². The highest BCUT2D eigenvalue weighted by Gasteiger charge is 2.34. The third-order valence-electron chi connectivity index (χ3n) is 7.69. The molecule has 1 heterocycles. The number of aromatic nitrogens is 2. The number of esters is 1. The van der Waals surface area contributed by atoms with Crippen LogP contribution in [0.2, 0.25) is 5.02 Å². The lowest BCUT2D eigenvalue weighted by atomic mass is 9.82. The molecule has 3 atom stereocenters. The van der Waals surface area contributed by atoms with Crippen molar-refractivity contribution in [3.8, 4) is 5.69 Å². The largest absolute Gasteiger partial charge is 0.460 e. The van der Waals surface area contributed by atoms with E-state index in [0.29, 0.717) is 22.3 Å². The number of hydrogen-bond donors (Lipinski definition) is 2. The molecule has 0 fully saturated rings. The van der Waals surface area contributed by atoms with Crippen molar-refractivity contribution in [3.63, 3.8) is 0 Å². The molecule has 3 unspecified atom stereocenters. The van der Waals surface area contributed by atoms with E-state index < -0.39 is 29.5 Å². The molecule has 296 valence electrons. The van der Waals surface area contributed by atoms with Crippen LogP contribution < -0.4 is 5.32 Å². The van der Waals surface area contributed by atoms with Crippen LogP contribution in [0.4, 0.5) is 13.2 Å². The lowest BCUT2D eigenvalue weighted by molar-refractivity contribution is -0.154. The summed E-state index contributed by atoms with van der Waals surface area (Å²) in [5.41, 5.74) is 2.43. The highest BCUT2D eigenvalue weighted by atomic mass is 35.5. The van der Waals surface area contributed by atoms with E-state index in [-0.39, 0.29) is 35.4 Å². The molecular formula is C44H59ClF3N3O3. The van der Waals surface area contributed by atoms with E-state index in [1.165, 1.54) is 6.08 Å². The number of nitrogens with zero attached hydrogens (tertiary/aromatic N) is 2. The molecule has 0 bridgehead atoms. The maximum absolute atomic E-state index is 14.0. The molecule has 2 N–H and O–H groups in total. The highest BCUT2D eigenvalue weighted by molar-refractivity contribution is 6.35. The number of rotatable bonds is 12. The Morgan fingerprint density at radius 1 is 1.00 bits per heavy atom. The minimum absolute atomic E-state index is 0.0764. The van der Waals surface area contributed by atoms with Crippen LogP contribution >= 0.6 is 11.6 Å². The number of allylic oxidation sites excluding steroid dienone is 3. The summed E-state index contributed by atoms with van der Waals surface area (Å²) >= 11 is 6.48. The SMILES string of the molecule is C=C/C(=C\C=C\C(C)C(c1ccc(C)cc1)c1c2cc(C(F)(F)F)cc(Cl)c2nn1-c1ccccc1)C(O)NCCC(=O)OC(C)(C)C.CC.CC.CC. The van der Waals surface area contributed by atoms with Gasteiger partial charge in [-0.15, -0.1) is 0 Å². The summed E-state index contributed by atoms with van der Waals surface area (Å²) in [6.45, 7) is 25.3. The molecule has 0 spiro atoms. The standard InChI is InChI=1S/C38H41ClF3N3O3.3C2H6/c1-7-26(36(47)43-21-20-32(46)48-37(4,5)6)13-11-12-25(3)33(27-18-16-24(2)17-19-27)35-30-22-28(38(40,41)42)23-31(39)34(30)44-45(35)29-14-9-8-10-15-29;3*1-2/h7-19,22-23,25,33,36,43,47H,1,20-21H2,2-6H3;3*1-2H3/b12-11+,26-13+;;;. The van der Waals surface area contributed by atoms with Crippen LogP contribution in [-0.2, 0) is 15.7 Å². The lowest BCUT2D eigenvalue weighted by Crippen LogP contribution is -2.33. The number of alkyl halides is 3. The van der Waals surface area contributed by atoms with Crippen LogP contribution in [0, 0.1) is 12.8 Å². The van der Waals surface area contributed by atoms with Crippen molar-refractivity contribution in [1.29, 1.82) is 0 Å². The fourth-order valence-corrected chi connectivity index (χ4v) is 5.68. The summed E-state index contributed by atoms with van der Waals surface area (Å²) < 4.78 is 49.1. The van der Waals surface area contributed by atoms with Crippen molar-refractivity contribution >= 4 is 28.5 Å². The van der Waals surface area contributed by atoms with Gasteiger partial charge in [0.2, 0.25) is 0 Å². The second kappa shape index (κ2) is 22.9. The van der Waals surface area contributed by atoms with E-state index >= 15 is 0 Å². The van der Waals surface area contributed by atoms with Gasteiger partial charge < -0.3 is 9.84 Å². The van der Waals surface area contributed by atoms with Gasteiger partial charge in [0.05, 0.1) is 28.4 Å². The normalized spacial score (nSPS) is 13.4. The fraction of sp³-hybridized carbons (Fsp3) is 0.409. The summed E-state index contributed by atoms with van der Waals surface area (Å²) in [6.07, 6.45) is 1.29. The monoisotopic (exact) mass is 769 g/mol. The van der Waals surface area contributed by atoms with Crippen LogP contribution in [0.25, 0.3) is 16.6 Å². The van der Waals surface area contributed by atoms with Gasteiger partial charge in [0.1, 0.15) is 17.3 Å². The van der Waals surface area contributed by atoms with Gasteiger partial charge in [0, 0.05) is 17.8 Å². The molecule has 4 rings (SSSR count). The maximum Gasteiger partial charge on any atom is 0.416 e. The van der Waals surface area contributed by atoms with Gasteiger partial charge in [-0.2, -0.15) is 18.3 Å². The minimum Gasteiger partial charge on any atom is -0.460 e. The van der Waals surface area contributed by atoms with Crippen molar-refractivity contribution < 1.29 is 27.8 Å². The number of ether oxygens (including phenoxy) is 1. The van der Waals surface area contributed by atoms with Gasteiger partial charge in [-0.3, -0.25) is 10.1 Å². The number of aryl methyl sites for hydroxylation is 1. The highest BCUT2D eigenvalue weighted by Crippen LogP contribution is 2.42. The Labute approximate surface area is 325 Å². The number of hydrogen-bond acceptors (Lipinski definition) is 5. The number of nitrogens with one attached hydrogen (secondary N) is 1. The number of benzene rings is 3. The van der Waals surface area contributed by atoms with E-state index in [1.807, 2.05) is 116 Å². The first-order valence-electron chi connectivity index (χ1n) is 18.6. The summed E-state index contributed by atoms with van der Waals surface area (Å²) in [4.78, 5) is 12.0. The Morgan fingerprint density at radius 3 is 2.13 bits per heavy atom. The summed E-state index contributed by atoms with van der Waals surface area (Å²) in [7, 11) is 0. The third-order valence-corrected chi connectivity index (χ3v) is 7.98. The van der Waals surface area contributed by atoms with Gasteiger partial charge >= 0.3 is 12.1 Å². The molecule has 0 saturated carbocycles. The minimum atomic E-state index is -4.61. The van der Waals surface area contributed by atoms with Crippen molar-refractivity contribution in [3.05, 3.63) is 131 Å². The molecule has 6 nitrogen and oxygen atoms in total. The number of aliphatic hydroxyl groups is 1. The third kappa shape index (κ3) is 13.9. The molecule has 0 aliphatic rings. The number of carbonyl (C=O) groups is 1. The summed E-state index contributed by atoms with van der Waals surface area (Å²) in [6, 6.07) is 19.1. The Hall–Kier alpha value is -4.18. The van der Waals surface area contributed by atoms with E-state index in [1.54, 1.807) is 37.6 Å². The number of halogens is 4. The van der Waals surface area contributed by atoms with Crippen molar-refractivity contribution in [2.24, 2.45) is 5.92 Å². The molecule has 0 radical (unpaired) electrons. The molecule has 10 heteroatoms. The van der Waals surface area contributed by atoms with Crippen LogP contribution in [0.1, 0.15) is 104 Å². The van der Waals surface area contributed by atoms with E-state index in [0.717, 1.165) is 23.3 Å². The molecule has 4 aromatic rings. The molecule has 3 aromatic carbocycles. The topological polar surface area (TPSA) is 76.4 Å². The quantitative estimate of drug-likeness (QED) is 0.0852. The molecule has 0 saturated heterocycles. The first-order chi connectivity index (χ1) is 25.6. The zero-order valence-corrected chi connectivity index (χ0v) is 34.4. The molecule has 0 aliphatic carbocycles. The van der Waals surface area contributed by atoms with Crippen molar-refractivity contribution in [1.82, 2.24) is 15.1 Å². The Balaban J connectivity index is 0.00000231. The molecule has 0 amide bonds. The van der Waals surface area contributed by atoms with Gasteiger partial charge in [-0.25, -0.2) is 4.68 Å². The number of carbonyl (C=O) groups excluding carboxylic acids is 1. The maximum atomic E-state index is 14.0.